The number of esters is 1. The van der Waals surface area contributed by atoms with Crippen molar-refractivity contribution in [2.45, 2.75) is 13.0 Å². The van der Waals surface area contributed by atoms with E-state index in [4.69, 9.17) is 16.3 Å². The van der Waals surface area contributed by atoms with E-state index in [1.165, 1.54) is 23.1 Å². The number of carbonyl (C=O) groups excluding carboxylic acids is 4. The van der Waals surface area contributed by atoms with Crippen LogP contribution in [0.3, 0.4) is 0 Å². The van der Waals surface area contributed by atoms with Gasteiger partial charge in [0.1, 0.15) is 0 Å². The van der Waals surface area contributed by atoms with Crippen molar-refractivity contribution in [2.75, 3.05) is 11.9 Å². The molecule has 0 fully saturated rings. The van der Waals surface area contributed by atoms with E-state index in [2.05, 4.69) is 21.2 Å². The van der Waals surface area contributed by atoms with Gasteiger partial charge in [0.05, 0.1) is 33.4 Å². The molecule has 1 N–H and O–H groups in total. The minimum absolute atomic E-state index is 0.0589. The SMILES string of the molecule is C[C@@H](c1ccccc1)N1C(=O)c2ccc(C(=O)OCC(=O)Nc3ccc(Br)cc3Cl)cc2C1=O. The monoisotopic (exact) mass is 540 g/mol. The number of nitrogens with zero attached hydrogens (tertiary/aromatic N) is 1. The Labute approximate surface area is 208 Å². The molecule has 0 aromatic heterocycles. The van der Waals surface area contributed by atoms with E-state index < -0.39 is 36.3 Å². The molecule has 3 aromatic carbocycles. The summed E-state index contributed by atoms with van der Waals surface area (Å²) in [6.07, 6.45) is 0. The van der Waals surface area contributed by atoms with Gasteiger partial charge in [0, 0.05) is 4.47 Å². The van der Waals surface area contributed by atoms with E-state index in [0.29, 0.717) is 10.7 Å². The summed E-state index contributed by atoms with van der Waals surface area (Å²) in [5, 5.41) is 2.88. The zero-order valence-corrected chi connectivity index (χ0v) is 20.2. The highest BCUT2D eigenvalue weighted by atomic mass is 79.9. The van der Waals surface area contributed by atoms with Gasteiger partial charge in [-0.05, 0) is 48.9 Å². The van der Waals surface area contributed by atoms with Gasteiger partial charge in [-0.2, -0.15) is 0 Å². The number of nitrogens with one attached hydrogen (secondary N) is 1. The van der Waals surface area contributed by atoms with E-state index in [-0.39, 0.29) is 16.7 Å². The van der Waals surface area contributed by atoms with Gasteiger partial charge in [0.2, 0.25) is 0 Å². The van der Waals surface area contributed by atoms with Crippen LogP contribution in [0, 0.1) is 0 Å². The summed E-state index contributed by atoms with van der Waals surface area (Å²) in [7, 11) is 0. The van der Waals surface area contributed by atoms with Gasteiger partial charge in [0.25, 0.3) is 17.7 Å². The minimum atomic E-state index is -0.797. The summed E-state index contributed by atoms with van der Waals surface area (Å²) in [6, 6.07) is 17.8. The third-order valence-corrected chi connectivity index (χ3v) is 6.17. The normalized spacial score (nSPS) is 13.4. The number of halogens is 2. The van der Waals surface area contributed by atoms with E-state index >= 15 is 0 Å². The molecule has 1 heterocycles. The van der Waals surface area contributed by atoms with Crippen LogP contribution < -0.4 is 5.32 Å². The number of ether oxygens (including phenoxy) is 1. The summed E-state index contributed by atoms with van der Waals surface area (Å²) in [6.45, 7) is 1.22. The lowest BCUT2D eigenvalue weighted by Crippen LogP contribution is -2.32. The van der Waals surface area contributed by atoms with Gasteiger partial charge in [-0.15, -0.1) is 0 Å². The first-order valence-electron chi connectivity index (χ1n) is 10.2. The van der Waals surface area contributed by atoms with Gasteiger partial charge < -0.3 is 10.1 Å². The van der Waals surface area contributed by atoms with Crippen LogP contribution in [0.4, 0.5) is 5.69 Å². The number of fused-ring (bicyclic) bond motifs is 1. The van der Waals surface area contributed by atoms with Crippen LogP contribution in [0.2, 0.25) is 5.02 Å². The van der Waals surface area contributed by atoms with Gasteiger partial charge in [0.15, 0.2) is 6.61 Å². The van der Waals surface area contributed by atoms with E-state index in [1.807, 2.05) is 30.3 Å². The molecule has 7 nitrogen and oxygen atoms in total. The van der Waals surface area contributed by atoms with Gasteiger partial charge in [-0.1, -0.05) is 57.9 Å². The Morgan fingerprint density at radius 2 is 1.71 bits per heavy atom. The van der Waals surface area contributed by atoms with Crippen molar-refractivity contribution in [1.29, 1.82) is 0 Å². The van der Waals surface area contributed by atoms with Crippen LogP contribution in [0.15, 0.2) is 71.2 Å². The van der Waals surface area contributed by atoms with E-state index in [9.17, 15) is 19.2 Å². The zero-order chi connectivity index (χ0) is 24.4. The third-order valence-electron chi connectivity index (χ3n) is 5.36. The molecule has 0 bridgehead atoms. The highest BCUT2D eigenvalue weighted by molar-refractivity contribution is 9.10. The number of benzene rings is 3. The number of hydrogen-bond acceptors (Lipinski definition) is 5. The molecule has 3 aromatic rings. The van der Waals surface area contributed by atoms with Crippen LogP contribution in [0.25, 0.3) is 0 Å². The summed E-state index contributed by atoms with van der Waals surface area (Å²) >= 11 is 9.34. The van der Waals surface area contributed by atoms with Gasteiger partial charge >= 0.3 is 5.97 Å². The van der Waals surface area contributed by atoms with Gasteiger partial charge in [-0.3, -0.25) is 19.3 Å². The lowest BCUT2D eigenvalue weighted by atomic mass is 10.1. The fourth-order valence-electron chi connectivity index (χ4n) is 3.61. The molecule has 0 saturated carbocycles. The number of imide groups is 1. The van der Waals surface area contributed by atoms with Crippen molar-refractivity contribution in [3.63, 3.8) is 0 Å². The minimum Gasteiger partial charge on any atom is -0.452 e. The topological polar surface area (TPSA) is 92.8 Å². The van der Waals surface area contributed by atoms with Crippen molar-refractivity contribution >= 4 is 56.9 Å². The second kappa shape index (κ2) is 9.79. The highest BCUT2D eigenvalue weighted by Crippen LogP contribution is 2.32. The maximum Gasteiger partial charge on any atom is 0.338 e. The Bertz CT molecular complexity index is 1310. The second-order valence-electron chi connectivity index (χ2n) is 7.58. The van der Waals surface area contributed by atoms with Crippen molar-refractivity contribution < 1.29 is 23.9 Å². The fourth-order valence-corrected chi connectivity index (χ4v) is 4.33. The molecule has 172 valence electrons. The number of rotatable bonds is 6. The van der Waals surface area contributed by atoms with Crippen molar-refractivity contribution in [1.82, 2.24) is 4.90 Å². The van der Waals surface area contributed by atoms with Crippen LogP contribution in [-0.2, 0) is 9.53 Å². The average Bonchev–Trinajstić information content (AvgIpc) is 3.08. The lowest BCUT2D eigenvalue weighted by molar-refractivity contribution is -0.119. The molecule has 0 radical (unpaired) electrons. The molecular formula is C25H18BrClN2O5. The highest BCUT2D eigenvalue weighted by Gasteiger charge is 2.39. The quantitative estimate of drug-likeness (QED) is 0.340. The fraction of sp³-hybridized carbons (Fsp3) is 0.120. The molecule has 0 aliphatic carbocycles. The molecule has 9 heteroatoms. The Balaban J connectivity index is 1.44. The molecule has 1 atom stereocenters. The molecular weight excluding hydrogens is 524 g/mol. The van der Waals surface area contributed by atoms with E-state index in [1.54, 1.807) is 25.1 Å². The molecule has 0 saturated heterocycles. The maximum absolute atomic E-state index is 13.0. The van der Waals surface area contributed by atoms with E-state index in [0.717, 1.165) is 10.0 Å². The molecule has 0 spiro atoms. The number of hydrogen-bond donors (Lipinski definition) is 1. The zero-order valence-electron chi connectivity index (χ0n) is 17.9. The standard InChI is InChI=1S/C25H18BrClN2O5/c1-14(15-5-3-2-4-6-15)29-23(31)18-9-7-16(11-19(18)24(29)32)25(33)34-13-22(30)28-21-10-8-17(26)12-20(21)27/h2-12,14H,13H2,1H3,(H,28,30)/t14-/m0/s1. The smallest absolute Gasteiger partial charge is 0.338 e. The van der Waals surface area contributed by atoms with Crippen molar-refractivity contribution in [2.24, 2.45) is 0 Å². The van der Waals surface area contributed by atoms with Crippen molar-refractivity contribution in [3.8, 4) is 0 Å². The van der Waals surface area contributed by atoms with Gasteiger partial charge in [-0.25, -0.2) is 4.79 Å². The van der Waals surface area contributed by atoms with Crippen LogP contribution in [0.1, 0.15) is 49.6 Å². The summed E-state index contributed by atoms with van der Waals surface area (Å²) in [5.41, 5.74) is 1.58. The predicted molar refractivity (Wildman–Crippen MR) is 130 cm³/mol. The Hall–Kier alpha value is -3.49. The number of anilines is 1. The van der Waals surface area contributed by atoms with Crippen LogP contribution in [0.5, 0.6) is 0 Å². The molecule has 1 aliphatic heterocycles. The molecule has 1 aliphatic rings. The Morgan fingerprint density at radius 3 is 2.41 bits per heavy atom. The first kappa shape index (κ1) is 23.7. The molecule has 0 unspecified atom stereocenters. The Morgan fingerprint density at radius 1 is 1.00 bits per heavy atom. The predicted octanol–water partition coefficient (Wildman–Crippen LogP) is 5.26. The lowest BCUT2D eigenvalue weighted by Gasteiger charge is -2.22. The Kier molecular flexibility index (Phi) is 6.81. The second-order valence-corrected chi connectivity index (χ2v) is 8.90. The van der Waals surface area contributed by atoms with Crippen LogP contribution in [-0.4, -0.2) is 35.2 Å². The first-order valence-corrected chi connectivity index (χ1v) is 11.4. The maximum atomic E-state index is 13.0. The van der Waals surface area contributed by atoms with Crippen LogP contribution >= 0.6 is 27.5 Å². The molecule has 3 amide bonds. The van der Waals surface area contributed by atoms with Crippen molar-refractivity contribution in [3.05, 3.63) is 98.5 Å². The molecule has 4 rings (SSSR count). The summed E-state index contributed by atoms with van der Waals surface area (Å²) in [4.78, 5) is 51.7. The molecule has 34 heavy (non-hydrogen) atoms. The number of carbonyl (C=O) groups is 4. The largest absolute Gasteiger partial charge is 0.452 e. The first-order chi connectivity index (χ1) is 16.3. The summed E-state index contributed by atoms with van der Waals surface area (Å²) in [5.74, 6) is -2.29. The number of amides is 3. The average molecular weight is 542 g/mol. The third kappa shape index (κ3) is 4.73. The summed E-state index contributed by atoms with van der Waals surface area (Å²) < 4.78 is 5.83.